The molecule has 0 aliphatic heterocycles. The van der Waals surface area contributed by atoms with Crippen molar-refractivity contribution in [3.63, 3.8) is 0 Å². The highest BCUT2D eigenvalue weighted by Crippen LogP contribution is 1.25. The van der Waals surface area contributed by atoms with Crippen molar-refractivity contribution >= 4 is 16.9 Å². The standard InChI is InChI=1S/CH4N2O.H3NO2S/c2-1(3)4;1-4(2)3/h(H4,2,3,4);4H,(H2,1,2,3). The number of hydrogen-bond acceptors (Lipinski definition) is 3. The van der Waals surface area contributed by atoms with Crippen molar-refractivity contribution < 1.29 is 13.2 Å². The third kappa shape index (κ3) is 135. The van der Waals surface area contributed by atoms with E-state index < -0.39 is 16.9 Å². The van der Waals surface area contributed by atoms with Crippen LogP contribution in [-0.4, -0.2) is 14.4 Å². The van der Waals surface area contributed by atoms with Gasteiger partial charge in [0.1, 0.15) is 0 Å². The third-order valence-corrected chi connectivity index (χ3v) is 0. The number of nitrogens with two attached hydrogens (primary N) is 3. The zero-order chi connectivity index (χ0) is 7.15. The first kappa shape index (κ1) is 10.2. The van der Waals surface area contributed by atoms with Crippen molar-refractivity contribution in [2.45, 2.75) is 0 Å². The largest absolute Gasteiger partial charge is 0.352 e. The Kier molecular flexibility index (Phi) is 7.89. The molecule has 0 aliphatic rings. The zero-order valence-corrected chi connectivity index (χ0v) is 4.80. The molecular weight excluding hydrogens is 134 g/mol. The van der Waals surface area contributed by atoms with Crippen molar-refractivity contribution in [2.24, 2.45) is 16.6 Å². The van der Waals surface area contributed by atoms with Gasteiger partial charge >= 0.3 is 6.03 Å². The van der Waals surface area contributed by atoms with Crippen LogP contribution < -0.4 is 16.6 Å². The maximum absolute atomic E-state index is 9.00. The summed E-state index contributed by atoms with van der Waals surface area (Å²) in [5, 5.41) is 4.06. The Morgan fingerprint density at radius 3 is 1.25 bits per heavy atom. The fourth-order valence-corrected chi connectivity index (χ4v) is 0. The second kappa shape index (κ2) is 6.18. The second-order valence-electron chi connectivity index (χ2n) is 0.688. The molecule has 0 spiro atoms. The highest BCUT2D eigenvalue weighted by Gasteiger charge is 1.60. The average molecular weight is 141 g/mol. The summed E-state index contributed by atoms with van der Waals surface area (Å²) in [6, 6.07) is -0.833. The summed E-state index contributed by atoms with van der Waals surface area (Å²) in [6.45, 7) is 0. The molecule has 6 N–H and O–H groups in total. The minimum absolute atomic E-state index is 0.833. The molecule has 50 valence electrons. The summed E-state index contributed by atoms with van der Waals surface area (Å²) in [5.41, 5.74) is 8.50. The van der Waals surface area contributed by atoms with E-state index in [1.54, 1.807) is 0 Å². The van der Waals surface area contributed by atoms with Crippen LogP contribution in [0.15, 0.2) is 0 Å². The van der Waals surface area contributed by atoms with E-state index in [2.05, 4.69) is 16.6 Å². The fraction of sp³-hybridized carbons (Fsp3) is 0. The molecule has 0 saturated carbocycles. The van der Waals surface area contributed by atoms with E-state index in [0.717, 1.165) is 0 Å². The maximum atomic E-state index is 9.00. The molecule has 7 heteroatoms. The number of carbonyl (C=O) groups is 1. The molecule has 0 bridgehead atoms. The van der Waals surface area contributed by atoms with Crippen LogP contribution in [0.5, 0.6) is 0 Å². The van der Waals surface area contributed by atoms with Crippen LogP contribution in [0.2, 0.25) is 0 Å². The van der Waals surface area contributed by atoms with Gasteiger partial charge in [-0.3, -0.25) is 0 Å². The van der Waals surface area contributed by atoms with Gasteiger partial charge in [0.2, 0.25) is 0 Å². The Bertz CT molecular complexity index is 116. The molecule has 0 aromatic carbocycles. The van der Waals surface area contributed by atoms with Gasteiger partial charge in [-0.1, -0.05) is 0 Å². The Hall–Kier alpha value is -0.820. The van der Waals surface area contributed by atoms with Crippen molar-refractivity contribution in [1.82, 2.24) is 0 Å². The van der Waals surface area contributed by atoms with Gasteiger partial charge in [-0.2, -0.15) is 0 Å². The molecule has 8 heavy (non-hydrogen) atoms. The van der Waals surface area contributed by atoms with Gasteiger partial charge in [0, 0.05) is 0 Å². The molecule has 2 amide bonds. The van der Waals surface area contributed by atoms with Crippen molar-refractivity contribution in [2.75, 3.05) is 0 Å². The molecule has 0 unspecified atom stereocenters. The molecule has 0 atom stereocenters. The molecule has 0 rings (SSSR count). The van der Waals surface area contributed by atoms with Crippen LogP contribution in [0.4, 0.5) is 4.79 Å². The van der Waals surface area contributed by atoms with Gasteiger partial charge < -0.3 is 11.5 Å². The summed E-state index contributed by atoms with van der Waals surface area (Å²) < 4.78 is 17.6. The van der Waals surface area contributed by atoms with E-state index in [9.17, 15) is 0 Å². The number of rotatable bonds is 0. The second-order valence-corrected chi connectivity index (χ2v) is 1.26. The van der Waals surface area contributed by atoms with E-state index >= 15 is 0 Å². The molecule has 0 aliphatic carbocycles. The Labute approximate surface area is 47.7 Å². The van der Waals surface area contributed by atoms with Crippen molar-refractivity contribution in [3.05, 3.63) is 0 Å². The molecule has 0 aromatic heterocycles. The summed E-state index contributed by atoms with van der Waals surface area (Å²) in [7, 11) is -2.62. The van der Waals surface area contributed by atoms with E-state index in [1.165, 1.54) is 0 Å². The van der Waals surface area contributed by atoms with Crippen molar-refractivity contribution in [3.8, 4) is 0 Å². The topological polar surface area (TPSA) is 129 Å². The Balaban J connectivity index is 0. The van der Waals surface area contributed by atoms with Crippen molar-refractivity contribution in [1.29, 1.82) is 0 Å². The molecular formula is CH7N3O3S. The number of thiol groups is 1. The maximum Gasteiger partial charge on any atom is 0.309 e. The summed E-state index contributed by atoms with van der Waals surface area (Å²) in [5.74, 6) is 0. The first-order valence-corrected chi connectivity index (χ1v) is 2.65. The minimum Gasteiger partial charge on any atom is -0.352 e. The number of hydrogen-bond donors (Lipinski definition) is 4. The van der Waals surface area contributed by atoms with Crippen LogP contribution in [0.3, 0.4) is 0 Å². The predicted octanol–water partition coefficient (Wildman–Crippen LogP) is -2.50. The normalized spacial score (nSPS) is 7.25. The lowest BCUT2D eigenvalue weighted by Gasteiger charge is -1.62. The monoisotopic (exact) mass is 141 g/mol. The Morgan fingerprint density at radius 1 is 1.25 bits per heavy atom. The quantitative estimate of drug-likeness (QED) is 0.278. The number of carbonyl (C=O) groups excluding carboxylic acids is 1. The fourth-order valence-electron chi connectivity index (χ4n) is 0. The van der Waals surface area contributed by atoms with Crippen LogP contribution in [-0.2, 0) is 10.9 Å². The molecule has 0 saturated heterocycles. The van der Waals surface area contributed by atoms with Gasteiger partial charge in [-0.05, 0) is 0 Å². The number of amides is 2. The third-order valence-electron chi connectivity index (χ3n) is 0. The van der Waals surface area contributed by atoms with Crippen LogP contribution in [0, 0.1) is 0 Å². The van der Waals surface area contributed by atoms with Gasteiger partial charge in [0.05, 0.1) is 0 Å². The van der Waals surface area contributed by atoms with Gasteiger partial charge in [0.25, 0.3) is 0 Å². The lowest BCUT2D eigenvalue weighted by Crippen LogP contribution is -2.18. The average Bonchev–Trinajstić information content (AvgIpc) is 1.25. The molecule has 0 aromatic rings. The van der Waals surface area contributed by atoms with Gasteiger partial charge in [-0.15, -0.1) is 0 Å². The Morgan fingerprint density at radius 2 is 1.25 bits per heavy atom. The highest BCUT2D eigenvalue weighted by molar-refractivity contribution is 7.69. The molecule has 0 fully saturated rings. The molecule has 0 heterocycles. The number of urea groups is 1. The number of primary amides is 2. The summed E-state index contributed by atoms with van der Waals surface area (Å²) in [6.07, 6.45) is 0. The minimum atomic E-state index is -2.62. The summed E-state index contributed by atoms with van der Waals surface area (Å²) in [4.78, 5) is 9.00. The zero-order valence-electron chi connectivity index (χ0n) is 3.90. The smallest absolute Gasteiger partial charge is 0.309 e. The van der Waals surface area contributed by atoms with E-state index in [0.29, 0.717) is 0 Å². The lowest BCUT2D eigenvalue weighted by molar-refractivity contribution is 0.256. The van der Waals surface area contributed by atoms with Gasteiger partial charge in [-0.25, -0.2) is 18.4 Å². The lowest BCUT2D eigenvalue weighted by atomic mass is 11.2. The van der Waals surface area contributed by atoms with Crippen LogP contribution in [0.25, 0.3) is 0 Å². The first-order chi connectivity index (χ1) is 3.46. The van der Waals surface area contributed by atoms with Crippen LogP contribution in [0.1, 0.15) is 0 Å². The van der Waals surface area contributed by atoms with Gasteiger partial charge in [0.15, 0.2) is 10.9 Å². The first-order valence-electron chi connectivity index (χ1n) is 1.40. The molecule has 0 radical (unpaired) electrons. The molecule has 6 nitrogen and oxygen atoms in total. The SMILES string of the molecule is NC(N)=O.N[SH](=O)=O. The summed E-state index contributed by atoms with van der Waals surface area (Å²) >= 11 is 0. The van der Waals surface area contributed by atoms with Crippen LogP contribution >= 0.6 is 0 Å². The van der Waals surface area contributed by atoms with E-state index in [-0.39, 0.29) is 0 Å². The van der Waals surface area contributed by atoms with E-state index in [1.807, 2.05) is 0 Å². The van der Waals surface area contributed by atoms with E-state index in [4.69, 9.17) is 13.2 Å². The predicted molar refractivity (Wildman–Crippen MR) is 28.3 cm³/mol. The highest BCUT2D eigenvalue weighted by atomic mass is 32.2.